The number of aliphatic hydroxyl groups is 1. The molecule has 0 saturated heterocycles. The number of para-hydroxylation sites is 2. The predicted octanol–water partition coefficient (Wildman–Crippen LogP) is 2.19. The first-order valence-electron chi connectivity index (χ1n) is 7.63. The molecule has 5 heteroatoms. The second-order valence-corrected chi connectivity index (χ2v) is 5.73. The minimum Gasteiger partial charge on any atom is -0.491 e. The number of nitrogens with zero attached hydrogens (tertiary/aromatic N) is 1. The fraction of sp³-hybridized carbons (Fsp3) is 0.278. The number of hydrogen-bond donors (Lipinski definition) is 2. The summed E-state index contributed by atoms with van der Waals surface area (Å²) < 4.78 is 5.63. The molecule has 2 aromatic rings. The minimum absolute atomic E-state index is 0.0736. The highest BCUT2D eigenvalue weighted by Crippen LogP contribution is 2.28. The van der Waals surface area contributed by atoms with E-state index in [1.807, 2.05) is 60.4 Å². The summed E-state index contributed by atoms with van der Waals surface area (Å²) in [6.07, 6.45) is -0.686. The monoisotopic (exact) mass is 312 g/mol. The van der Waals surface area contributed by atoms with Crippen molar-refractivity contribution in [1.82, 2.24) is 0 Å². The summed E-state index contributed by atoms with van der Waals surface area (Å²) in [4.78, 5) is 13.6. The number of aliphatic hydroxyl groups excluding tert-OH is 1. The van der Waals surface area contributed by atoms with Crippen molar-refractivity contribution in [1.29, 1.82) is 0 Å². The molecule has 2 aromatic carbocycles. The molecule has 1 aliphatic rings. The molecule has 1 atom stereocenters. The van der Waals surface area contributed by atoms with Gasteiger partial charge in [0.05, 0.1) is 17.9 Å². The van der Waals surface area contributed by atoms with Gasteiger partial charge in [0.25, 0.3) is 0 Å². The van der Waals surface area contributed by atoms with Gasteiger partial charge in [-0.3, -0.25) is 4.79 Å². The van der Waals surface area contributed by atoms with Gasteiger partial charge in [0, 0.05) is 6.54 Å². The van der Waals surface area contributed by atoms with Crippen LogP contribution in [-0.2, 0) is 4.79 Å². The van der Waals surface area contributed by atoms with Gasteiger partial charge in [-0.2, -0.15) is 0 Å². The van der Waals surface area contributed by atoms with Crippen molar-refractivity contribution < 1.29 is 14.6 Å². The zero-order valence-corrected chi connectivity index (χ0v) is 13.0. The number of anilines is 2. The zero-order valence-electron chi connectivity index (χ0n) is 13.0. The molecule has 23 heavy (non-hydrogen) atoms. The number of aryl methyl sites for hydroxylation is 1. The first-order chi connectivity index (χ1) is 11.1. The van der Waals surface area contributed by atoms with E-state index in [4.69, 9.17) is 4.74 Å². The highest BCUT2D eigenvalue weighted by atomic mass is 16.5. The summed E-state index contributed by atoms with van der Waals surface area (Å²) in [5, 5.41) is 13.1. The van der Waals surface area contributed by atoms with Gasteiger partial charge in [0.1, 0.15) is 18.5 Å². The smallest absolute Gasteiger partial charge is 0.243 e. The maximum Gasteiger partial charge on any atom is 0.243 e. The molecule has 0 aliphatic carbocycles. The lowest BCUT2D eigenvalue weighted by Crippen LogP contribution is -2.43. The number of hydrogen-bond acceptors (Lipinski definition) is 4. The van der Waals surface area contributed by atoms with Crippen molar-refractivity contribution in [2.75, 3.05) is 29.9 Å². The summed E-state index contributed by atoms with van der Waals surface area (Å²) in [5.41, 5.74) is 2.80. The van der Waals surface area contributed by atoms with Crippen molar-refractivity contribution in [3.63, 3.8) is 0 Å². The Hall–Kier alpha value is -2.53. The Labute approximate surface area is 135 Å². The Morgan fingerprint density at radius 1 is 1.26 bits per heavy atom. The van der Waals surface area contributed by atoms with E-state index in [0.717, 1.165) is 22.7 Å². The van der Waals surface area contributed by atoms with Crippen molar-refractivity contribution >= 4 is 17.3 Å². The fourth-order valence-corrected chi connectivity index (χ4v) is 2.67. The molecule has 0 radical (unpaired) electrons. The topological polar surface area (TPSA) is 61.8 Å². The highest BCUT2D eigenvalue weighted by Gasteiger charge is 2.23. The molecule has 0 fully saturated rings. The third-order valence-corrected chi connectivity index (χ3v) is 3.72. The van der Waals surface area contributed by atoms with Crippen molar-refractivity contribution in [3.8, 4) is 5.75 Å². The SMILES string of the molecule is Cc1cccc(OC[C@H](O)CN2CC(=O)Nc3ccccc32)c1. The molecule has 0 unspecified atom stereocenters. The molecule has 0 bridgehead atoms. The lowest BCUT2D eigenvalue weighted by atomic mass is 10.2. The molecule has 1 amide bonds. The molecule has 5 nitrogen and oxygen atoms in total. The number of carbonyl (C=O) groups is 1. The third-order valence-electron chi connectivity index (χ3n) is 3.72. The van der Waals surface area contributed by atoms with Crippen LogP contribution in [0, 0.1) is 6.92 Å². The molecule has 120 valence electrons. The van der Waals surface area contributed by atoms with Crippen molar-refractivity contribution in [3.05, 3.63) is 54.1 Å². The number of ether oxygens (including phenoxy) is 1. The number of nitrogens with one attached hydrogen (secondary N) is 1. The van der Waals surface area contributed by atoms with Gasteiger partial charge in [-0.25, -0.2) is 0 Å². The standard InChI is InChI=1S/C18H20N2O3/c1-13-5-4-6-15(9-13)23-12-14(21)10-20-11-18(22)19-16-7-2-3-8-17(16)20/h2-9,14,21H,10-12H2,1H3,(H,19,22)/t14-/m1/s1. The predicted molar refractivity (Wildman–Crippen MR) is 90.0 cm³/mol. The summed E-state index contributed by atoms with van der Waals surface area (Å²) in [6.45, 7) is 2.76. The fourth-order valence-electron chi connectivity index (χ4n) is 2.67. The highest BCUT2D eigenvalue weighted by molar-refractivity contribution is 6.01. The van der Waals surface area contributed by atoms with E-state index in [0.29, 0.717) is 6.54 Å². The summed E-state index contributed by atoms with van der Waals surface area (Å²) >= 11 is 0. The van der Waals surface area contributed by atoms with Crippen LogP contribution in [-0.4, -0.2) is 36.8 Å². The van der Waals surface area contributed by atoms with Crippen LogP contribution in [0.2, 0.25) is 0 Å². The van der Waals surface area contributed by atoms with E-state index < -0.39 is 6.10 Å². The summed E-state index contributed by atoms with van der Waals surface area (Å²) in [5.74, 6) is 0.663. The van der Waals surface area contributed by atoms with Crippen LogP contribution in [0.4, 0.5) is 11.4 Å². The van der Waals surface area contributed by atoms with Crippen molar-refractivity contribution in [2.45, 2.75) is 13.0 Å². The average Bonchev–Trinajstić information content (AvgIpc) is 2.53. The van der Waals surface area contributed by atoms with Gasteiger partial charge in [0.2, 0.25) is 5.91 Å². The van der Waals surface area contributed by atoms with Gasteiger partial charge in [0.15, 0.2) is 0 Å². The first-order valence-corrected chi connectivity index (χ1v) is 7.63. The second-order valence-electron chi connectivity index (χ2n) is 5.73. The zero-order chi connectivity index (χ0) is 16.2. The third kappa shape index (κ3) is 3.81. The van der Waals surface area contributed by atoms with Gasteiger partial charge >= 0.3 is 0 Å². The quantitative estimate of drug-likeness (QED) is 0.888. The van der Waals surface area contributed by atoms with Crippen LogP contribution in [0.5, 0.6) is 5.75 Å². The molecule has 0 spiro atoms. The number of carbonyl (C=O) groups excluding carboxylic acids is 1. The van der Waals surface area contributed by atoms with Crippen LogP contribution in [0.25, 0.3) is 0 Å². The number of β-amino-alcohol motifs (C(OH)–C–C–N with tert-alkyl or cyclic N) is 1. The molecule has 1 heterocycles. The number of fused-ring (bicyclic) bond motifs is 1. The van der Waals surface area contributed by atoms with Crippen LogP contribution < -0.4 is 15.0 Å². The Balaban J connectivity index is 1.61. The van der Waals surface area contributed by atoms with Crippen LogP contribution >= 0.6 is 0 Å². The second kappa shape index (κ2) is 6.71. The van der Waals surface area contributed by atoms with E-state index in [2.05, 4.69) is 5.32 Å². The van der Waals surface area contributed by atoms with Gasteiger partial charge in [-0.05, 0) is 36.8 Å². The molecular weight excluding hydrogens is 292 g/mol. The largest absolute Gasteiger partial charge is 0.491 e. The van der Waals surface area contributed by atoms with E-state index in [1.165, 1.54) is 0 Å². The van der Waals surface area contributed by atoms with Crippen LogP contribution in [0.15, 0.2) is 48.5 Å². The maximum absolute atomic E-state index is 11.8. The number of rotatable bonds is 5. The normalized spacial score (nSPS) is 14.9. The Bertz CT molecular complexity index is 702. The molecule has 0 saturated carbocycles. The van der Waals surface area contributed by atoms with E-state index in [1.54, 1.807) is 0 Å². The lowest BCUT2D eigenvalue weighted by molar-refractivity contribution is -0.115. The number of amides is 1. The van der Waals surface area contributed by atoms with E-state index in [9.17, 15) is 9.90 Å². The van der Waals surface area contributed by atoms with Crippen LogP contribution in [0.3, 0.4) is 0 Å². The molecule has 0 aromatic heterocycles. The molecule has 3 rings (SSSR count). The van der Waals surface area contributed by atoms with Crippen LogP contribution in [0.1, 0.15) is 5.56 Å². The Morgan fingerprint density at radius 2 is 2.09 bits per heavy atom. The van der Waals surface area contributed by atoms with Gasteiger partial charge in [-0.1, -0.05) is 24.3 Å². The lowest BCUT2D eigenvalue weighted by Gasteiger charge is -2.32. The molecule has 2 N–H and O–H groups in total. The van der Waals surface area contributed by atoms with E-state index >= 15 is 0 Å². The minimum atomic E-state index is -0.686. The molecule has 1 aliphatic heterocycles. The summed E-state index contributed by atoms with van der Waals surface area (Å²) in [7, 11) is 0. The number of benzene rings is 2. The summed E-state index contributed by atoms with van der Waals surface area (Å²) in [6, 6.07) is 15.3. The van der Waals surface area contributed by atoms with Gasteiger partial charge in [-0.15, -0.1) is 0 Å². The van der Waals surface area contributed by atoms with Crippen molar-refractivity contribution in [2.24, 2.45) is 0 Å². The Kier molecular flexibility index (Phi) is 4.48. The van der Waals surface area contributed by atoms with E-state index in [-0.39, 0.29) is 19.1 Å². The maximum atomic E-state index is 11.8. The first kappa shape index (κ1) is 15.4. The average molecular weight is 312 g/mol. The Morgan fingerprint density at radius 3 is 2.91 bits per heavy atom. The van der Waals surface area contributed by atoms with Gasteiger partial charge < -0.3 is 20.1 Å². The molecular formula is C18H20N2O3.